The third-order valence-electron chi connectivity index (χ3n) is 10.3. The molecular formula is C48H29NS3. The molecule has 0 unspecified atom stereocenters. The van der Waals surface area contributed by atoms with Gasteiger partial charge in [0, 0.05) is 67.2 Å². The maximum atomic E-state index is 2.45. The smallest absolute Gasteiger partial charge is 0.0640 e. The van der Waals surface area contributed by atoms with Crippen molar-refractivity contribution in [3.8, 4) is 22.3 Å². The van der Waals surface area contributed by atoms with Gasteiger partial charge in [0.05, 0.1) is 10.4 Å². The Balaban J connectivity index is 1.10. The summed E-state index contributed by atoms with van der Waals surface area (Å²) < 4.78 is 7.92. The van der Waals surface area contributed by atoms with Crippen molar-refractivity contribution in [2.75, 3.05) is 4.90 Å². The summed E-state index contributed by atoms with van der Waals surface area (Å²) >= 11 is 5.64. The topological polar surface area (TPSA) is 3.24 Å². The van der Waals surface area contributed by atoms with Gasteiger partial charge in [-0.05, 0) is 70.8 Å². The van der Waals surface area contributed by atoms with Gasteiger partial charge in [0.1, 0.15) is 0 Å². The van der Waals surface area contributed by atoms with Crippen LogP contribution >= 0.6 is 34.0 Å². The Morgan fingerprint density at radius 2 is 0.769 bits per heavy atom. The first-order valence-corrected chi connectivity index (χ1v) is 20.0. The molecule has 0 N–H and O–H groups in total. The van der Waals surface area contributed by atoms with Crippen LogP contribution in [-0.4, -0.2) is 0 Å². The number of anilines is 3. The third-order valence-corrected chi connectivity index (χ3v) is 13.9. The van der Waals surface area contributed by atoms with Crippen LogP contribution in [-0.2, 0) is 0 Å². The summed E-state index contributed by atoms with van der Waals surface area (Å²) in [5.41, 5.74) is 8.46. The van der Waals surface area contributed by atoms with Crippen LogP contribution in [0.25, 0.3) is 82.8 Å². The second-order valence-corrected chi connectivity index (χ2v) is 16.4. The van der Waals surface area contributed by atoms with Crippen molar-refractivity contribution in [3.05, 3.63) is 176 Å². The highest BCUT2D eigenvalue weighted by Crippen LogP contribution is 2.47. The minimum atomic E-state index is 1.13. The lowest BCUT2D eigenvalue weighted by Crippen LogP contribution is -2.10. The van der Waals surface area contributed by atoms with E-state index in [9.17, 15) is 0 Å². The number of nitrogens with zero attached hydrogens (tertiary/aromatic N) is 1. The summed E-state index contributed by atoms with van der Waals surface area (Å²) in [7, 11) is 0. The van der Waals surface area contributed by atoms with Crippen LogP contribution in [0.3, 0.4) is 0 Å². The van der Waals surface area contributed by atoms with E-state index in [0.717, 1.165) is 11.4 Å². The molecule has 8 aromatic carbocycles. The Morgan fingerprint density at radius 1 is 0.308 bits per heavy atom. The van der Waals surface area contributed by atoms with Crippen molar-refractivity contribution < 1.29 is 0 Å². The fourth-order valence-corrected chi connectivity index (χ4v) is 11.6. The van der Waals surface area contributed by atoms with E-state index in [1.807, 2.05) is 34.0 Å². The first-order valence-electron chi connectivity index (χ1n) is 17.5. The molecular weight excluding hydrogens is 687 g/mol. The lowest BCUT2D eigenvalue weighted by molar-refractivity contribution is 1.30. The molecule has 0 spiro atoms. The van der Waals surface area contributed by atoms with Crippen LogP contribution in [0, 0.1) is 0 Å². The van der Waals surface area contributed by atoms with E-state index >= 15 is 0 Å². The van der Waals surface area contributed by atoms with E-state index in [0.29, 0.717) is 0 Å². The molecule has 0 saturated heterocycles. The van der Waals surface area contributed by atoms with Gasteiger partial charge in [-0.25, -0.2) is 0 Å². The summed E-state index contributed by atoms with van der Waals surface area (Å²) in [6.45, 7) is 0. The van der Waals surface area contributed by atoms with E-state index in [1.54, 1.807) is 0 Å². The number of thiophene rings is 3. The van der Waals surface area contributed by atoms with Crippen LogP contribution in [0.5, 0.6) is 0 Å². The van der Waals surface area contributed by atoms with Crippen molar-refractivity contribution in [2.45, 2.75) is 0 Å². The summed E-state index contributed by atoms with van der Waals surface area (Å²) in [5, 5.41) is 7.90. The summed E-state index contributed by atoms with van der Waals surface area (Å²) in [4.78, 5) is 2.45. The van der Waals surface area contributed by atoms with Crippen molar-refractivity contribution in [1.82, 2.24) is 0 Å². The standard InChI is InChI=1S/C48H29NS3/c1-4-22-43-36(13-1)39-18-8-16-34(46(39)50-43)30-25-27-32(28-26-30)49(42-21-10-20-41-38-15-3-6-24-45(38)52-48(41)42)33-12-7-11-31(29-33)35-17-9-19-40-37-14-2-5-23-44(37)51-47(35)40/h1-29H. The lowest BCUT2D eigenvalue weighted by Gasteiger charge is -2.27. The van der Waals surface area contributed by atoms with Gasteiger partial charge < -0.3 is 4.90 Å². The van der Waals surface area contributed by atoms with Gasteiger partial charge >= 0.3 is 0 Å². The number of benzene rings is 8. The minimum absolute atomic E-state index is 1.13. The quantitative estimate of drug-likeness (QED) is 0.171. The molecule has 0 saturated carbocycles. The Kier molecular flexibility index (Phi) is 6.84. The maximum absolute atomic E-state index is 2.45. The first-order chi connectivity index (χ1) is 25.8. The zero-order valence-electron chi connectivity index (χ0n) is 27.9. The Hall–Kier alpha value is -5.78. The van der Waals surface area contributed by atoms with Crippen molar-refractivity contribution in [2.24, 2.45) is 0 Å². The number of fused-ring (bicyclic) bond motifs is 9. The molecule has 3 aromatic heterocycles. The average Bonchev–Trinajstić information content (AvgIpc) is 3.90. The van der Waals surface area contributed by atoms with Crippen molar-refractivity contribution in [3.63, 3.8) is 0 Å². The van der Waals surface area contributed by atoms with Gasteiger partial charge in [-0.3, -0.25) is 0 Å². The number of hydrogen-bond donors (Lipinski definition) is 0. The fraction of sp³-hybridized carbons (Fsp3) is 0. The minimum Gasteiger partial charge on any atom is -0.309 e. The molecule has 0 aliphatic heterocycles. The van der Waals surface area contributed by atoms with Crippen LogP contribution in [0.2, 0.25) is 0 Å². The van der Waals surface area contributed by atoms with Gasteiger partial charge in [-0.2, -0.15) is 0 Å². The summed E-state index contributed by atoms with van der Waals surface area (Å²) in [6, 6.07) is 64.8. The molecule has 0 amide bonds. The predicted octanol–water partition coefficient (Wildman–Crippen LogP) is 15.6. The largest absolute Gasteiger partial charge is 0.309 e. The lowest BCUT2D eigenvalue weighted by atomic mass is 10.0. The Morgan fingerprint density at radius 3 is 1.37 bits per heavy atom. The molecule has 11 rings (SSSR count). The highest BCUT2D eigenvalue weighted by atomic mass is 32.1. The highest BCUT2D eigenvalue weighted by Gasteiger charge is 2.20. The molecule has 11 aromatic rings. The molecule has 4 heteroatoms. The van der Waals surface area contributed by atoms with Gasteiger partial charge in [-0.1, -0.05) is 127 Å². The van der Waals surface area contributed by atoms with Gasteiger partial charge in [0.2, 0.25) is 0 Å². The molecule has 0 fully saturated rings. The molecule has 52 heavy (non-hydrogen) atoms. The fourth-order valence-electron chi connectivity index (χ4n) is 7.89. The Labute approximate surface area is 312 Å². The zero-order chi connectivity index (χ0) is 34.2. The normalized spacial score (nSPS) is 11.8. The molecule has 0 bridgehead atoms. The van der Waals surface area contributed by atoms with Gasteiger partial charge in [-0.15, -0.1) is 34.0 Å². The molecule has 0 atom stereocenters. The van der Waals surface area contributed by atoms with E-state index < -0.39 is 0 Å². The molecule has 244 valence electrons. The second-order valence-electron chi connectivity index (χ2n) is 13.2. The van der Waals surface area contributed by atoms with Crippen LogP contribution in [0.4, 0.5) is 17.1 Å². The van der Waals surface area contributed by atoms with Crippen LogP contribution in [0.15, 0.2) is 176 Å². The molecule has 1 nitrogen and oxygen atoms in total. The van der Waals surface area contributed by atoms with Crippen LogP contribution in [0.1, 0.15) is 0 Å². The van der Waals surface area contributed by atoms with Gasteiger partial charge in [0.25, 0.3) is 0 Å². The van der Waals surface area contributed by atoms with Crippen molar-refractivity contribution in [1.29, 1.82) is 0 Å². The highest BCUT2D eigenvalue weighted by molar-refractivity contribution is 7.27. The molecule has 0 aliphatic carbocycles. The Bertz CT molecular complexity index is 3140. The zero-order valence-corrected chi connectivity index (χ0v) is 30.4. The van der Waals surface area contributed by atoms with Crippen molar-refractivity contribution >= 4 is 112 Å². The third kappa shape index (κ3) is 4.65. The second kappa shape index (κ2) is 11.9. The SMILES string of the molecule is c1cc(-c2cccc3c2sc2ccccc23)cc(N(c2ccc(-c3cccc4c3sc3ccccc34)cc2)c2cccc3c2sc2ccccc23)c1. The first kappa shape index (κ1) is 29.9. The van der Waals surface area contributed by atoms with E-state index in [2.05, 4.69) is 181 Å². The molecule has 0 radical (unpaired) electrons. The monoisotopic (exact) mass is 715 g/mol. The average molecular weight is 716 g/mol. The maximum Gasteiger partial charge on any atom is 0.0640 e. The van der Waals surface area contributed by atoms with E-state index in [1.165, 1.54) is 88.5 Å². The summed E-state index contributed by atoms with van der Waals surface area (Å²) in [6.07, 6.45) is 0. The predicted molar refractivity (Wildman–Crippen MR) is 231 cm³/mol. The molecule has 3 heterocycles. The number of hydrogen-bond acceptors (Lipinski definition) is 4. The van der Waals surface area contributed by atoms with Crippen LogP contribution < -0.4 is 4.90 Å². The number of rotatable bonds is 5. The van der Waals surface area contributed by atoms with E-state index in [-0.39, 0.29) is 0 Å². The van der Waals surface area contributed by atoms with E-state index in [4.69, 9.17) is 0 Å². The van der Waals surface area contributed by atoms with Gasteiger partial charge in [0.15, 0.2) is 0 Å². The summed E-state index contributed by atoms with van der Waals surface area (Å²) in [5.74, 6) is 0. The molecule has 0 aliphatic rings.